The van der Waals surface area contributed by atoms with E-state index in [1.807, 2.05) is 43.5 Å². The molecule has 172 valence electrons. The normalized spacial score (nSPS) is 11.7. The number of benzene rings is 3. The van der Waals surface area contributed by atoms with Crippen LogP contribution in [0.5, 0.6) is 0 Å². The van der Waals surface area contributed by atoms with Gasteiger partial charge in [0.05, 0.1) is 5.56 Å². The first-order valence-electron chi connectivity index (χ1n) is 11.0. The van der Waals surface area contributed by atoms with Crippen molar-refractivity contribution in [1.82, 2.24) is 10.3 Å². The Balaban J connectivity index is 1.61. The van der Waals surface area contributed by atoms with Gasteiger partial charge in [0.2, 0.25) is 5.91 Å². The first kappa shape index (κ1) is 22.8. The Morgan fingerprint density at radius 1 is 0.941 bits per heavy atom. The molecule has 2 amide bonds. The number of hydrogen-bond donors (Lipinski definition) is 4. The van der Waals surface area contributed by atoms with E-state index in [9.17, 15) is 19.5 Å². The average molecular weight is 456 g/mol. The molecule has 0 fully saturated rings. The number of amides is 2. The molecule has 0 aliphatic carbocycles. The van der Waals surface area contributed by atoms with Gasteiger partial charge in [-0.15, -0.1) is 0 Å². The monoisotopic (exact) mass is 455 g/mol. The number of rotatable bonds is 8. The van der Waals surface area contributed by atoms with E-state index in [0.717, 1.165) is 16.5 Å². The maximum Gasteiger partial charge on any atom is 0.335 e. The second-order valence-electron chi connectivity index (χ2n) is 7.98. The second-order valence-corrected chi connectivity index (χ2v) is 7.98. The fourth-order valence-electron chi connectivity index (χ4n) is 3.96. The smallest absolute Gasteiger partial charge is 0.335 e. The summed E-state index contributed by atoms with van der Waals surface area (Å²) in [6.07, 6.45) is 2.63. The fourth-order valence-corrected chi connectivity index (χ4v) is 3.96. The predicted molar refractivity (Wildman–Crippen MR) is 131 cm³/mol. The predicted octanol–water partition coefficient (Wildman–Crippen LogP) is 4.41. The van der Waals surface area contributed by atoms with Crippen molar-refractivity contribution in [2.75, 3.05) is 5.32 Å². The van der Waals surface area contributed by atoms with Gasteiger partial charge in [0, 0.05) is 34.8 Å². The number of aromatic carboxylic acids is 1. The van der Waals surface area contributed by atoms with Gasteiger partial charge in [0.15, 0.2) is 0 Å². The third kappa shape index (κ3) is 4.99. The summed E-state index contributed by atoms with van der Waals surface area (Å²) in [5, 5.41) is 16.0. The van der Waals surface area contributed by atoms with Gasteiger partial charge >= 0.3 is 5.97 Å². The number of para-hydroxylation sites is 1. The number of fused-ring (bicyclic) bond motifs is 1. The van der Waals surface area contributed by atoms with Gasteiger partial charge in [0.1, 0.15) is 6.04 Å². The molecule has 1 aromatic heterocycles. The third-order valence-electron chi connectivity index (χ3n) is 5.74. The number of anilines is 1. The number of carboxylic acid groups (broad SMARTS) is 1. The average Bonchev–Trinajstić information content (AvgIpc) is 3.26. The van der Waals surface area contributed by atoms with Crippen LogP contribution in [0.25, 0.3) is 10.9 Å². The zero-order valence-electron chi connectivity index (χ0n) is 18.7. The van der Waals surface area contributed by atoms with E-state index in [1.54, 1.807) is 36.4 Å². The molecule has 3 aromatic carbocycles. The minimum atomic E-state index is -1.01. The number of carboxylic acids is 1. The topological polar surface area (TPSA) is 111 Å². The molecular weight excluding hydrogens is 430 g/mol. The Hall–Kier alpha value is -4.39. The van der Waals surface area contributed by atoms with Crippen molar-refractivity contribution >= 4 is 34.4 Å². The summed E-state index contributed by atoms with van der Waals surface area (Å²) in [5.74, 6) is -1.75. The minimum Gasteiger partial charge on any atom is -0.478 e. The van der Waals surface area contributed by atoms with Gasteiger partial charge in [-0.3, -0.25) is 9.59 Å². The van der Waals surface area contributed by atoms with Crippen LogP contribution in [0.1, 0.15) is 38.8 Å². The molecule has 7 nitrogen and oxygen atoms in total. The molecule has 0 bridgehead atoms. The first-order chi connectivity index (χ1) is 16.5. The molecule has 0 aliphatic rings. The molecule has 0 radical (unpaired) electrons. The maximum atomic E-state index is 13.3. The quantitative estimate of drug-likeness (QED) is 0.315. The summed E-state index contributed by atoms with van der Waals surface area (Å²) in [5.41, 5.74) is 3.60. The van der Waals surface area contributed by atoms with Crippen LogP contribution in [0.4, 0.5) is 5.69 Å². The molecule has 34 heavy (non-hydrogen) atoms. The number of hydrogen-bond acceptors (Lipinski definition) is 3. The Labute approximate surface area is 196 Å². The lowest BCUT2D eigenvalue weighted by atomic mass is 10.0. The Morgan fingerprint density at radius 3 is 2.41 bits per heavy atom. The highest BCUT2D eigenvalue weighted by Gasteiger charge is 2.24. The van der Waals surface area contributed by atoms with Crippen LogP contribution in [-0.2, 0) is 17.6 Å². The fraction of sp³-hybridized carbons (Fsp3) is 0.148. The van der Waals surface area contributed by atoms with Gasteiger partial charge in [0.25, 0.3) is 5.91 Å². The van der Waals surface area contributed by atoms with E-state index in [-0.39, 0.29) is 23.8 Å². The summed E-state index contributed by atoms with van der Waals surface area (Å²) in [6.45, 7) is 1.85. The Morgan fingerprint density at radius 2 is 1.68 bits per heavy atom. The third-order valence-corrected chi connectivity index (χ3v) is 5.74. The lowest BCUT2D eigenvalue weighted by Gasteiger charge is -2.19. The lowest BCUT2D eigenvalue weighted by Crippen LogP contribution is -2.45. The van der Waals surface area contributed by atoms with E-state index in [1.165, 1.54) is 6.07 Å². The molecule has 4 rings (SSSR count). The van der Waals surface area contributed by atoms with Crippen LogP contribution < -0.4 is 10.6 Å². The molecule has 1 atom stereocenters. The lowest BCUT2D eigenvalue weighted by molar-refractivity contribution is -0.118. The molecule has 0 aliphatic heterocycles. The molecule has 0 unspecified atom stereocenters. The largest absolute Gasteiger partial charge is 0.478 e. The highest BCUT2D eigenvalue weighted by molar-refractivity contribution is 6.02. The van der Waals surface area contributed by atoms with Gasteiger partial charge in [-0.05, 0) is 53.9 Å². The van der Waals surface area contributed by atoms with Gasteiger partial charge in [-0.2, -0.15) is 0 Å². The summed E-state index contributed by atoms with van der Waals surface area (Å²) in [4.78, 5) is 40.8. The molecule has 0 saturated heterocycles. The van der Waals surface area contributed by atoms with Crippen LogP contribution in [0.2, 0.25) is 0 Å². The Kier molecular flexibility index (Phi) is 6.73. The maximum absolute atomic E-state index is 13.3. The SMILES string of the molecule is CCc1cc(NC(=O)[C@H](Cc2c[nH]c3ccccc23)NC(=O)c2ccccc2)ccc1C(=O)O. The zero-order chi connectivity index (χ0) is 24.1. The van der Waals surface area contributed by atoms with Gasteiger partial charge in [-0.1, -0.05) is 43.3 Å². The van der Waals surface area contributed by atoms with Crippen molar-refractivity contribution in [3.05, 3.63) is 101 Å². The molecule has 4 aromatic rings. The molecule has 0 spiro atoms. The van der Waals surface area contributed by atoms with Crippen molar-refractivity contribution in [2.24, 2.45) is 0 Å². The zero-order valence-corrected chi connectivity index (χ0v) is 18.7. The van der Waals surface area contributed by atoms with E-state index < -0.39 is 12.0 Å². The number of H-pyrrole nitrogens is 1. The van der Waals surface area contributed by atoms with E-state index in [0.29, 0.717) is 23.2 Å². The van der Waals surface area contributed by atoms with Crippen LogP contribution >= 0.6 is 0 Å². The summed E-state index contributed by atoms with van der Waals surface area (Å²) >= 11 is 0. The summed E-state index contributed by atoms with van der Waals surface area (Å²) in [7, 11) is 0. The van der Waals surface area contributed by atoms with Gasteiger partial charge in [-0.25, -0.2) is 4.79 Å². The minimum absolute atomic E-state index is 0.202. The van der Waals surface area contributed by atoms with Gasteiger partial charge < -0.3 is 20.7 Å². The van der Waals surface area contributed by atoms with Crippen LogP contribution in [0.15, 0.2) is 79.0 Å². The number of carbonyl (C=O) groups is 3. The van der Waals surface area contributed by atoms with Crippen molar-refractivity contribution < 1.29 is 19.5 Å². The summed E-state index contributed by atoms with van der Waals surface area (Å²) in [6, 6.07) is 20.3. The number of aryl methyl sites for hydroxylation is 1. The van der Waals surface area contributed by atoms with Crippen molar-refractivity contribution in [3.8, 4) is 0 Å². The molecule has 7 heteroatoms. The second kappa shape index (κ2) is 10.0. The number of carbonyl (C=O) groups excluding carboxylic acids is 2. The number of nitrogens with one attached hydrogen (secondary N) is 3. The van der Waals surface area contributed by atoms with Crippen molar-refractivity contribution in [1.29, 1.82) is 0 Å². The molecule has 4 N–H and O–H groups in total. The molecular formula is C27H25N3O4. The standard InChI is InChI=1S/C27H25N3O4/c1-2-17-14-20(12-13-22(17)27(33)34)29-26(32)24(30-25(31)18-8-4-3-5-9-18)15-19-16-28-23-11-7-6-10-21(19)23/h3-14,16,24,28H,2,15H2,1H3,(H,29,32)(H,30,31)(H,33,34)/t24-/m0/s1. The van der Waals surface area contributed by atoms with Crippen molar-refractivity contribution in [3.63, 3.8) is 0 Å². The van der Waals surface area contributed by atoms with E-state index >= 15 is 0 Å². The van der Waals surface area contributed by atoms with E-state index in [2.05, 4.69) is 15.6 Å². The highest BCUT2D eigenvalue weighted by atomic mass is 16.4. The molecule has 0 saturated carbocycles. The first-order valence-corrected chi connectivity index (χ1v) is 11.0. The molecule has 1 heterocycles. The van der Waals surface area contributed by atoms with Crippen LogP contribution in [0.3, 0.4) is 0 Å². The summed E-state index contributed by atoms with van der Waals surface area (Å²) < 4.78 is 0. The van der Waals surface area contributed by atoms with Crippen LogP contribution in [0, 0.1) is 0 Å². The highest BCUT2D eigenvalue weighted by Crippen LogP contribution is 2.21. The van der Waals surface area contributed by atoms with E-state index in [4.69, 9.17) is 0 Å². The van der Waals surface area contributed by atoms with Crippen LogP contribution in [-0.4, -0.2) is 33.9 Å². The number of aromatic amines is 1. The van der Waals surface area contributed by atoms with Crippen molar-refractivity contribution in [2.45, 2.75) is 25.8 Å². The Bertz CT molecular complexity index is 1340. The number of aromatic nitrogens is 1.